The average Bonchev–Trinajstić information content (AvgIpc) is 2.36. The topological polar surface area (TPSA) is 49.3 Å². The number of phenols is 1. The molecule has 0 bridgehead atoms. The quantitative estimate of drug-likeness (QED) is 0.812. The molecular weight excluding hydrogens is 341 g/mol. The van der Waals surface area contributed by atoms with Crippen molar-refractivity contribution < 1.29 is 9.90 Å². The highest BCUT2D eigenvalue weighted by atomic mass is 127. The number of halogens is 1. The van der Waals surface area contributed by atoms with Crippen LogP contribution in [-0.4, -0.2) is 11.0 Å². The second-order valence-corrected chi connectivity index (χ2v) is 5.16. The van der Waals surface area contributed by atoms with Crippen LogP contribution >= 0.6 is 22.6 Å². The van der Waals surface area contributed by atoms with Gasteiger partial charge < -0.3 is 10.4 Å². The zero-order chi connectivity index (χ0) is 13.1. The predicted molar refractivity (Wildman–Crippen MR) is 80.0 cm³/mol. The third-order valence-corrected chi connectivity index (χ3v) is 3.38. The summed E-state index contributed by atoms with van der Waals surface area (Å²) in [6.45, 7) is 1.76. The third-order valence-electron chi connectivity index (χ3n) is 2.66. The molecule has 0 atom stereocenters. The first kappa shape index (κ1) is 12.9. The first-order valence-corrected chi connectivity index (χ1v) is 6.51. The van der Waals surface area contributed by atoms with E-state index in [9.17, 15) is 9.90 Å². The maximum absolute atomic E-state index is 12.0. The zero-order valence-corrected chi connectivity index (χ0v) is 11.9. The summed E-state index contributed by atoms with van der Waals surface area (Å²) in [6.07, 6.45) is 0. The van der Waals surface area contributed by atoms with Gasteiger partial charge in [0.2, 0.25) is 0 Å². The average molecular weight is 353 g/mol. The highest BCUT2D eigenvalue weighted by Gasteiger charge is 2.08. The molecule has 0 aromatic heterocycles. The van der Waals surface area contributed by atoms with Crippen LogP contribution in [-0.2, 0) is 0 Å². The Hall–Kier alpha value is -1.56. The van der Waals surface area contributed by atoms with Gasteiger partial charge in [0.15, 0.2) is 0 Å². The Morgan fingerprint density at radius 2 is 1.83 bits per heavy atom. The molecule has 2 rings (SSSR count). The summed E-state index contributed by atoms with van der Waals surface area (Å²) in [4.78, 5) is 12.0. The Morgan fingerprint density at radius 3 is 2.50 bits per heavy atom. The third kappa shape index (κ3) is 2.81. The van der Waals surface area contributed by atoms with Crippen molar-refractivity contribution in [2.24, 2.45) is 0 Å². The van der Waals surface area contributed by atoms with Crippen LogP contribution in [0.1, 0.15) is 15.9 Å². The number of nitrogens with one attached hydrogen (secondary N) is 1. The largest absolute Gasteiger partial charge is 0.508 e. The minimum Gasteiger partial charge on any atom is -0.508 e. The lowest BCUT2D eigenvalue weighted by Gasteiger charge is -2.09. The van der Waals surface area contributed by atoms with E-state index in [2.05, 4.69) is 27.9 Å². The fraction of sp³-hybridized carbons (Fsp3) is 0.0714. The van der Waals surface area contributed by atoms with Gasteiger partial charge in [-0.25, -0.2) is 0 Å². The smallest absolute Gasteiger partial charge is 0.255 e. The van der Waals surface area contributed by atoms with Crippen molar-refractivity contribution in [1.82, 2.24) is 0 Å². The van der Waals surface area contributed by atoms with E-state index in [0.717, 1.165) is 3.57 Å². The van der Waals surface area contributed by atoms with Crippen molar-refractivity contribution in [1.29, 1.82) is 0 Å². The van der Waals surface area contributed by atoms with E-state index >= 15 is 0 Å². The van der Waals surface area contributed by atoms with Gasteiger partial charge in [0.05, 0.1) is 0 Å². The predicted octanol–water partition coefficient (Wildman–Crippen LogP) is 3.56. The van der Waals surface area contributed by atoms with Crippen molar-refractivity contribution in [2.75, 3.05) is 5.32 Å². The van der Waals surface area contributed by atoms with Crippen molar-refractivity contribution >= 4 is 34.2 Å². The van der Waals surface area contributed by atoms with Crippen LogP contribution in [0.4, 0.5) is 5.69 Å². The second kappa shape index (κ2) is 5.39. The Bertz CT molecular complexity index is 579. The van der Waals surface area contributed by atoms with E-state index < -0.39 is 0 Å². The first-order valence-electron chi connectivity index (χ1n) is 5.43. The number of benzene rings is 2. The molecular formula is C14H12INO2. The van der Waals surface area contributed by atoms with E-state index in [1.807, 2.05) is 12.1 Å². The molecule has 0 aliphatic carbocycles. The number of phenolic OH excluding ortho intramolecular Hbond substituents is 1. The summed E-state index contributed by atoms with van der Waals surface area (Å²) in [5.41, 5.74) is 1.88. The minimum atomic E-state index is -0.180. The second-order valence-electron chi connectivity index (χ2n) is 3.91. The highest BCUT2D eigenvalue weighted by molar-refractivity contribution is 14.1. The molecule has 0 radical (unpaired) electrons. The summed E-state index contributed by atoms with van der Waals surface area (Å²) in [5, 5.41) is 12.4. The van der Waals surface area contributed by atoms with Gasteiger partial charge in [0.1, 0.15) is 5.75 Å². The molecule has 0 heterocycles. The van der Waals surface area contributed by atoms with Gasteiger partial charge in [-0.05, 0) is 65.9 Å². The molecule has 0 fully saturated rings. The van der Waals surface area contributed by atoms with E-state index in [1.165, 1.54) is 0 Å². The van der Waals surface area contributed by atoms with Gasteiger partial charge in [-0.1, -0.05) is 6.07 Å². The standard InChI is InChI=1S/C14H12INO2/c1-9-12(3-2-4-13(9)17)16-14(18)10-5-7-11(15)8-6-10/h2-8,17H,1H3,(H,16,18). The van der Waals surface area contributed by atoms with Gasteiger partial charge in [0, 0.05) is 20.4 Å². The molecule has 2 aromatic carbocycles. The highest BCUT2D eigenvalue weighted by Crippen LogP contribution is 2.24. The van der Waals surface area contributed by atoms with Crippen molar-refractivity contribution in [3.63, 3.8) is 0 Å². The summed E-state index contributed by atoms with van der Waals surface area (Å²) >= 11 is 2.19. The number of carbonyl (C=O) groups excluding carboxylic acids is 1. The van der Waals surface area contributed by atoms with Gasteiger partial charge in [-0.15, -0.1) is 0 Å². The molecule has 0 aliphatic heterocycles. The SMILES string of the molecule is Cc1c(O)cccc1NC(=O)c1ccc(I)cc1. The number of anilines is 1. The molecule has 0 spiro atoms. The van der Waals surface area contributed by atoms with E-state index in [-0.39, 0.29) is 11.7 Å². The van der Waals surface area contributed by atoms with Crippen LogP contribution in [0.2, 0.25) is 0 Å². The molecule has 18 heavy (non-hydrogen) atoms. The summed E-state index contributed by atoms with van der Waals surface area (Å²) < 4.78 is 1.08. The number of rotatable bonds is 2. The van der Waals surface area contributed by atoms with E-state index in [1.54, 1.807) is 37.3 Å². The molecule has 0 saturated carbocycles. The number of amides is 1. The van der Waals surface area contributed by atoms with Crippen molar-refractivity contribution in [2.45, 2.75) is 6.92 Å². The molecule has 92 valence electrons. The molecule has 2 N–H and O–H groups in total. The van der Waals surface area contributed by atoms with Crippen LogP contribution in [0.3, 0.4) is 0 Å². The molecule has 3 nitrogen and oxygen atoms in total. The Morgan fingerprint density at radius 1 is 1.17 bits per heavy atom. The number of aromatic hydroxyl groups is 1. The normalized spacial score (nSPS) is 10.1. The molecule has 0 unspecified atom stereocenters. The van der Waals surface area contributed by atoms with Crippen LogP contribution in [0.5, 0.6) is 5.75 Å². The maximum Gasteiger partial charge on any atom is 0.255 e. The zero-order valence-electron chi connectivity index (χ0n) is 9.77. The van der Waals surface area contributed by atoms with Crippen LogP contribution < -0.4 is 5.32 Å². The monoisotopic (exact) mass is 353 g/mol. The minimum absolute atomic E-state index is 0.176. The first-order chi connectivity index (χ1) is 8.58. The molecule has 1 amide bonds. The van der Waals surface area contributed by atoms with Crippen LogP contribution in [0, 0.1) is 10.5 Å². The maximum atomic E-state index is 12.0. The van der Waals surface area contributed by atoms with Gasteiger partial charge in [-0.3, -0.25) is 4.79 Å². The van der Waals surface area contributed by atoms with Crippen LogP contribution in [0.25, 0.3) is 0 Å². The van der Waals surface area contributed by atoms with E-state index in [4.69, 9.17) is 0 Å². The van der Waals surface area contributed by atoms with Crippen LogP contribution in [0.15, 0.2) is 42.5 Å². The summed E-state index contributed by atoms with van der Waals surface area (Å²) in [7, 11) is 0. The molecule has 4 heteroatoms. The Balaban J connectivity index is 2.21. The fourth-order valence-corrected chi connectivity index (χ4v) is 1.91. The van der Waals surface area contributed by atoms with E-state index in [0.29, 0.717) is 16.8 Å². The Labute approximate surface area is 119 Å². The van der Waals surface area contributed by atoms with Gasteiger partial charge >= 0.3 is 0 Å². The lowest BCUT2D eigenvalue weighted by Crippen LogP contribution is -2.12. The summed E-state index contributed by atoms with van der Waals surface area (Å²) in [6, 6.07) is 12.4. The van der Waals surface area contributed by atoms with Gasteiger partial charge in [-0.2, -0.15) is 0 Å². The summed E-state index contributed by atoms with van der Waals surface area (Å²) in [5.74, 6) is -0.00416. The number of hydrogen-bond acceptors (Lipinski definition) is 2. The fourth-order valence-electron chi connectivity index (χ4n) is 1.55. The van der Waals surface area contributed by atoms with Crippen molar-refractivity contribution in [3.8, 4) is 5.75 Å². The van der Waals surface area contributed by atoms with Crippen molar-refractivity contribution in [3.05, 3.63) is 57.2 Å². The Kier molecular flexibility index (Phi) is 3.86. The van der Waals surface area contributed by atoms with Gasteiger partial charge in [0.25, 0.3) is 5.91 Å². The lowest BCUT2D eigenvalue weighted by molar-refractivity contribution is 0.102. The number of carbonyl (C=O) groups is 1. The number of hydrogen-bond donors (Lipinski definition) is 2. The molecule has 2 aromatic rings. The lowest BCUT2D eigenvalue weighted by atomic mass is 10.1. The molecule has 0 aliphatic rings. The molecule has 0 saturated heterocycles.